The quantitative estimate of drug-likeness (QED) is 0.704. The maximum Gasteiger partial charge on any atom is 0.267 e. The zero-order chi connectivity index (χ0) is 12.5. The fraction of sp³-hybridized carbons (Fsp3) is 0. The summed E-state index contributed by atoms with van der Waals surface area (Å²) in [6.07, 6.45) is 0. The van der Waals surface area contributed by atoms with Crippen LogP contribution in [0.3, 0.4) is 0 Å². The second-order valence-electron chi connectivity index (χ2n) is 4.05. The summed E-state index contributed by atoms with van der Waals surface area (Å²) < 4.78 is 0. The zero-order valence-corrected chi connectivity index (χ0v) is 10.2. The molecule has 0 spiro atoms. The maximum atomic E-state index is 11.8. The molecule has 3 rings (SSSR count). The van der Waals surface area contributed by atoms with Crippen molar-refractivity contribution in [3.05, 3.63) is 70.0 Å². The number of hydrogen-bond acceptors (Lipinski definition) is 1. The van der Waals surface area contributed by atoms with Crippen LogP contribution >= 0.6 is 11.6 Å². The molecule has 3 aromatic rings. The Morgan fingerprint density at radius 1 is 0.889 bits per heavy atom. The van der Waals surface area contributed by atoms with Crippen LogP contribution in [0.25, 0.3) is 22.0 Å². The third kappa shape index (κ3) is 1.71. The van der Waals surface area contributed by atoms with Gasteiger partial charge in [0.2, 0.25) is 0 Å². The van der Waals surface area contributed by atoms with Crippen molar-refractivity contribution >= 4 is 22.5 Å². The van der Waals surface area contributed by atoms with Gasteiger partial charge in [0.15, 0.2) is 0 Å². The first kappa shape index (κ1) is 11.1. The summed E-state index contributed by atoms with van der Waals surface area (Å²) in [6, 6.07) is 17.4. The number of pyridine rings is 1. The summed E-state index contributed by atoms with van der Waals surface area (Å²) >= 11 is 6.16. The molecule has 0 aliphatic rings. The molecule has 0 fully saturated rings. The molecule has 2 nitrogen and oxygen atoms in total. The largest absolute Gasteiger partial charge is 0.321 e. The van der Waals surface area contributed by atoms with Crippen LogP contribution in [0.1, 0.15) is 0 Å². The van der Waals surface area contributed by atoms with E-state index >= 15 is 0 Å². The summed E-state index contributed by atoms with van der Waals surface area (Å²) in [6.45, 7) is 0. The van der Waals surface area contributed by atoms with Crippen molar-refractivity contribution in [1.29, 1.82) is 0 Å². The van der Waals surface area contributed by atoms with Gasteiger partial charge in [-0.25, -0.2) is 0 Å². The van der Waals surface area contributed by atoms with E-state index in [-0.39, 0.29) is 10.6 Å². The Labute approximate surface area is 109 Å². The predicted octanol–water partition coefficient (Wildman–Crippen LogP) is 3.85. The smallest absolute Gasteiger partial charge is 0.267 e. The molecule has 0 aliphatic heterocycles. The van der Waals surface area contributed by atoms with E-state index in [1.165, 1.54) is 0 Å². The highest BCUT2D eigenvalue weighted by Crippen LogP contribution is 2.31. The Kier molecular flexibility index (Phi) is 2.65. The van der Waals surface area contributed by atoms with E-state index in [9.17, 15) is 4.79 Å². The van der Waals surface area contributed by atoms with Crippen molar-refractivity contribution in [3.63, 3.8) is 0 Å². The number of nitrogens with one attached hydrogen (secondary N) is 1. The molecule has 0 radical (unpaired) electrons. The Morgan fingerprint density at radius 3 is 2.33 bits per heavy atom. The Morgan fingerprint density at radius 2 is 1.56 bits per heavy atom. The fourth-order valence-corrected chi connectivity index (χ4v) is 2.36. The van der Waals surface area contributed by atoms with Crippen LogP contribution in [0.2, 0.25) is 5.02 Å². The minimum absolute atomic E-state index is 0.236. The third-order valence-corrected chi connectivity index (χ3v) is 3.29. The predicted molar refractivity (Wildman–Crippen MR) is 75.0 cm³/mol. The molecule has 0 bridgehead atoms. The topological polar surface area (TPSA) is 32.9 Å². The number of aromatic amines is 1. The van der Waals surface area contributed by atoms with Gasteiger partial charge in [-0.15, -0.1) is 0 Å². The van der Waals surface area contributed by atoms with Gasteiger partial charge >= 0.3 is 0 Å². The highest BCUT2D eigenvalue weighted by molar-refractivity contribution is 6.34. The van der Waals surface area contributed by atoms with Gasteiger partial charge in [0, 0.05) is 16.5 Å². The molecule has 18 heavy (non-hydrogen) atoms. The number of hydrogen-bond donors (Lipinski definition) is 1. The van der Waals surface area contributed by atoms with Crippen molar-refractivity contribution < 1.29 is 0 Å². The molecule has 0 unspecified atom stereocenters. The van der Waals surface area contributed by atoms with Gasteiger partial charge in [-0.2, -0.15) is 0 Å². The number of aromatic nitrogens is 1. The summed E-state index contributed by atoms with van der Waals surface area (Å²) in [5.41, 5.74) is 2.28. The zero-order valence-electron chi connectivity index (χ0n) is 9.48. The molecule has 0 aliphatic carbocycles. The first-order chi connectivity index (χ1) is 8.77. The van der Waals surface area contributed by atoms with Gasteiger partial charge < -0.3 is 4.98 Å². The van der Waals surface area contributed by atoms with Crippen LogP contribution in [-0.2, 0) is 0 Å². The first-order valence-corrected chi connectivity index (χ1v) is 6.01. The average molecular weight is 256 g/mol. The lowest BCUT2D eigenvalue weighted by atomic mass is 10.0. The molecule has 88 valence electrons. The molecule has 0 amide bonds. The average Bonchev–Trinajstić information content (AvgIpc) is 2.41. The van der Waals surface area contributed by atoms with Gasteiger partial charge in [0.05, 0.1) is 0 Å². The van der Waals surface area contributed by atoms with E-state index in [1.54, 1.807) is 0 Å². The van der Waals surface area contributed by atoms with Crippen LogP contribution in [-0.4, -0.2) is 4.98 Å². The first-order valence-electron chi connectivity index (χ1n) is 5.63. The summed E-state index contributed by atoms with van der Waals surface area (Å²) in [4.78, 5) is 14.6. The molecule has 0 saturated heterocycles. The van der Waals surface area contributed by atoms with Crippen LogP contribution in [0.5, 0.6) is 0 Å². The number of H-pyrrole nitrogens is 1. The fourth-order valence-electron chi connectivity index (χ4n) is 2.11. The van der Waals surface area contributed by atoms with Crippen molar-refractivity contribution in [3.8, 4) is 11.1 Å². The van der Waals surface area contributed by atoms with Crippen LogP contribution < -0.4 is 5.56 Å². The number of fused-ring (bicyclic) bond motifs is 1. The van der Waals surface area contributed by atoms with Crippen molar-refractivity contribution in [2.75, 3.05) is 0 Å². The van der Waals surface area contributed by atoms with Crippen LogP contribution in [0.4, 0.5) is 0 Å². The van der Waals surface area contributed by atoms with E-state index in [4.69, 9.17) is 11.6 Å². The van der Waals surface area contributed by atoms with E-state index in [0.29, 0.717) is 0 Å². The minimum atomic E-state index is -0.255. The molecular formula is C15H10ClNO. The molecule has 1 aromatic heterocycles. The van der Waals surface area contributed by atoms with Crippen molar-refractivity contribution in [2.24, 2.45) is 0 Å². The van der Waals surface area contributed by atoms with E-state index in [2.05, 4.69) is 4.98 Å². The molecule has 0 atom stereocenters. The van der Waals surface area contributed by atoms with Crippen LogP contribution in [0, 0.1) is 0 Å². The van der Waals surface area contributed by atoms with E-state index in [0.717, 1.165) is 22.0 Å². The number of halogens is 1. The molecular weight excluding hydrogens is 246 g/mol. The van der Waals surface area contributed by atoms with Crippen LogP contribution in [0.15, 0.2) is 59.4 Å². The van der Waals surface area contributed by atoms with Gasteiger partial charge in [-0.3, -0.25) is 4.79 Å². The normalized spacial score (nSPS) is 10.7. The summed E-state index contributed by atoms with van der Waals surface area (Å²) in [5, 5.41) is 1.19. The maximum absolute atomic E-state index is 11.8. The third-order valence-electron chi connectivity index (χ3n) is 2.93. The molecule has 3 heteroatoms. The van der Waals surface area contributed by atoms with E-state index < -0.39 is 0 Å². The lowest BCUT2D eigenvalue weighted by Gasteiger charge is -2.08. The number of rotatable bonds is 1. The van der Waals surface area contributed by atoms with Gasteiger partial charge in [0.1, 0.15) is 5.02 Å². The van der Waals surface area contributed by atoms with Crippen molar-refractivity contribution in [1.82, 2.24) is 4.98 Å². The summed E-state index contributed by atoms with van der Waals surface area (Å²) in [7, 11) is 0. The minimum Gasteiger partial charge on any atom is -0.321 e. The summed E-state index contributed by atoms with van der Waals surface area (Å²) in [5.74, 6) is 0. The van der Waals surface area contributed by atoms with Gasteiger partial charge in [-0.1, -0.05) is 60.1 Å². The van der Waals surface area contributed by atoms with Crippen molar-refractivity contribution in [2.45, 2.75) is 0 Å². The monoisotopic (exact) mass is 255 g/mol. The Hall–Kier alpha value is -2.06. The molecule has 2 aromatic carbocycles. The second kappa shape index (κ2) is 4.31. The second-order valence-corrected chi connectivity index (χ2v) is 4.43. The lowest BCUT2D eigenvalue weighted by Crippen LogP contribution is -2.07. The number of para-hydroxylation sites is 1. The van der Waals surface area contributed by atoms with Gasteiger partial charge in [-0.05, 0) is 11.6 Å². The van der Waals surface area contributed by atoms with E-state index in [1.807, 2.05) is 54.6 Å². The highest BCUT2D eigenvalue weighted by atomic mass is 35.5. The highest BCUT2D eigenvalue weighted by Gasteiger charge is 2.11. The number of benzene rings is 2. The SMILES string of the molecule is O=c1[nH]c2ccccc2c(-c2ccccc2)c1Cl. The Bertz CT molecular complexity index is 762. The Balaban J connectivity index is 2.47. The molecule has 0 saturated carbocycles. The van der Waals surface area contributed by atoms with Gasteiger partial charge in [0.25, 0.3) is 5.56 Å². The molecule has 1 heterocycles. The lowest BCUT2D eigenvalue weighted by molar-refractivity contribution is 1.31. The standard InChI is InChI=1S/C15H10ClNO/c16-14-13(10-6-2-1-3-7-10)11-8-4-5-9-12(11)17-15(14)18/h1-9H,(H,17,18). The molecule has 1 N–H and O–H groups in total.